The van der Waals surface area contributed by atoms with Gasteiger partial charge in [-0.15, -0.1) is 23.1 Å². The van der Waals surface area contributed by atoms with Crippen LogP contribution in [0.1, 0.15) is 37.9 Å². The maximum absolute atomic E-state index is 3.61. The summed E-state index contributed by atoms with van der Waals surface area (Å²) in [5, 5.41) is 5.75. The smallest absolute Gasteiger partial charge is 0.0599 e. The molecular formula is C18H25NS2. The molecule has 1 N–H and O–H groups in total. The van der Waals surface area contributed by atoms with Crippen molar-refractivity contribution in [2.45, 2.75) is 37.4 Å². The molecule has 0 aliphatic heterocycles. The van der Waals surface area contributed by atoms with Crippen LogP contribution in [0, 0.1) is 5.92 Å². The lowest BCUT2D eigenvalue weighted by Crippen LogP contribution is -2.22. The molecule has 0 aliphatic rings. The predicted molar refractivity (Wildman–Crippen MR) is 96.4 cm³/mol. The van der Waals surface area contributed by atoms with Crippen molar-refractivity contribution in [1.29, 1.82) is 0 Å². The van der Waals surface area contributed by atoms with Crippen LogP contribution in [0.2, 0.25) is 0 Å². The van der Waals surface area contributed by atoms with Gasteiger partial charge in [0.25, 0.3) is 0 Å². The molecule has 2 aromatic rings. The van der Waals surface area contributed by atoms with Crippen LogP contribution in [0.15, 0.2) is 46.0 Å². The van der Waals surface area contributed by atoms with Crippen LogP contribution in [0.3, 0.4) is 0 Å². The summed E-state index contributed by atoms with van der Waals surface area (Å²) in [5.41, 5.74) is 2.84. The molecule has 1 aromatic carbocycles. The second kappa shape index (κ2) is 8.62. The highest BCUT2D eigenvalue weighted by atomic mass is 32.2. The second-order valence-electron chi connectivity index (χ2n) is 5.69. The molecule has 1 nitrogen and oxygen atoms in total. The molecule has 0 amide bonds. The lowest BCUT2D eigenvalue weighted by Gasteiger charge is -2.18. The highest BCUT2D eigenvalue weighted by molar-refractivity contribution is 8.01. The van der Waals surface area contributed by atoms with E-state index in [0.717, 1.165) is 24.6 Å². The fraction of sp³-hybridized carbons (Fsp3) is 0.444. The van der Waals surface area contributed by atoms with Gasteiger partial charge in [0, 0.05) is 11.8 Å². The summed E-state index contributed by atoms with van der Waals surface area (Å²) in [6.07, 6.45) is 1.16. The molecule has 0 fully saturated rings. The number of rotatable bonds is 8. The van der Waals surface area contributed by atoms with Crippen LogP contribution in [0.4, 0.5) is 0 Å². The molecule has 1 atom stereocenters. The Bertz CT molecular complexity index is 503. The molecule has 3 heteroatoms. The quantitative estimate of drug-likeness (QED) is 0.655. The Morgan fingerprint density at radius 2 is 1.90 bits per heavy atom. The average molecular weight is 320 g/mol. The Morgan fingerprint density at radius 3 is 2.48 bits per heavy atom. The average Bonchev–Trinajstić information content (AvgIpc) is 2.97. The minimum Gasteiger partial charge on any atom is -0.309 e. The first-order chi connectivity index (χ1) is 10.2. The van der Waals surface area contributed by atoms with Gasteiger partial charge >= 0.3 is 0 Å². The van der Waals surface area contributed by atoms with Crippen molar-refractivity contribution >= 4 is 23.1 Å². The number of hydrogen-bond donors (Lipinski definition) is 1. The van der Waals surface area contributed by atoms with Crippen LogP contribution in [-0.2, 0) is 6.42 Å². The van der Waals surface area contributed by atoms with E-state index in [-0.39, 0.29) is 0 Å². The van der Waals surface area contributed by atoms with Gasteiger partial charge in [0.1, 0.15) is 0 Å². The monoisotopic (exact) mass is 319 g/mol. The Hall–Kier alpha value is -0.770. The Morgan fingerprint density at radius 1 is 1.14 bits per heavy atom. The highest BCUT2D eigenvalue weighted by Gasteiger charge is 2.11. The van der Waals surface area contributed by atoms with Gasteiger partial charge in [-0.1, -0.05) is 51.1 Å². The topological polar surface area (TPSA) is 12.0 Å². The summed E-state index contributed by atoms with van der Waals surface area (Å²) in [6, 6.07) is 13.9. The molecule has 1 heterocycles. The van der Waals surface area contributed by atoms with E-state index >= 15 is 0 Å². The van der Waals surface area contributed by atoms with Crippen LogP contribution in [0.25, 0.3) is 0 Å². The molecule has 0 bridgehead atoms. The van der Waals surface area contributed by atoms with Crippen molar-refractivity contribution in [3.63, 3.8) is 0 Å². The van der Waals surface area contributed by atoms with Gasteiger partial charge in [-0.05, 0) is 41.5 Å². The van der Waals surface area contributed by atoms with Gasteiger partial charge in [0.05, 0.1) is 4.21 Å². The summed E-state index contributed by atoms with van der Waals surface area (Å²) in [4.78, 5) is 0. The number of thiophene rings is 1. The van der Waals surface area contributed by atoms with E-state index < -0.39 is 0 Å². The van der Waals surface area contributed by atoms with E-state index in [9.17, 15) is 0 Å². The summed E-state index contributed by atoms with van der Waals surface area (Å²) >= 11 is 3.76. The van der Waals surface area contributed by atoms with E-state index in [1.165, 1.54) is 15.3 Å². The molecule has 0 aliphatic carbocycles. The van der Waals surface area contributed by atoms with E-state index in [2.05, 4.69) is 67.9 Å². The first-order valence-electron chi connectivity index (χ1n) is 7.67. The van der Waals surface area contributed by atoms with Gasteiger partial charge in [-0.3, -0.25) is 0 Å². The first kappa shape index (κ1) is 16.6. The zero-order valence-corrected chi connectivity index (χ0v) is 14.8. The van der Waals surface area contributed by atoms with Crippen molar-refractivity contribution in [2.24, 2.45) is 5.92 Å². The van der Waals surface area contributed by atoms with Crippen molar-refractivity contribution in [1.82, 2.24) is 5.32 Å². The number of benzene rings is 1. The third kappa shape index (κ3) is 5.50. The molecule has 1 aromatic heterocycles. The second-order valence-corrected chi connectivity index (χ2v) is 7.96. The molecule has 114 valence electrons. The van der Waals surface area contributed by atoms with Gasteiger partial charge in [-0.25, -0.2) is 0 Å². The summed E-state index contributed by atoms with van der Waals surface area (Å²) in [6.45, 7) is 7.72. The van der Waals surface area contributed by atoms with Crippen molar-refractivity contribution in [3.05, 3.63) is 52.9 Å². The maximum atomic E-state index is 3.61. The van der Waals surface area contributed by atoms with Crippen molar-refractivity contribution < 1.29 is 0 Å². The minimum atomic E-state index is 0.426. The number of nitrogens with one attached hydrogen (secondary N) is 1. The lowest BCUT2D eigenvalue weighted by atomic mass is 10.00. The largest absolute Gasteiger partial charge is 0.309 e. The molecule has 2 rings (SSSR count). The SMILES string of the molecule is CCNC(CSc1cccs1)c1ccc(CC(C)C)cc1. The molecule has 0 saturated heterocycles. The highest BCUT2D eigenvalue weighted by Crippen LogP contribution is 2.28. The lowest BCUT2D eigenvalue weighted by molar-refractivity contribution is 0.605. The fourth-order valence-corrected chi connectivity index (χ4v) is 4.30. The van der Waals surface area contributed by atoms with Gasteiger partial charge in [-0.2, -0.15) is 0 Å². The van der Waals surface area contributed by atoms with Crippen molar-refractivity contribution in [3.8, 4) is 0 Å². The Kier molecular flexibility index (Phi) is 6.81. The third-order valence-electron chi connectivity index (χ3n) is 3.36. The van der Waals surface area contributed by atoms with Crippen LogP contribution in [-0.4, -0.2) is 12.3 Å². The summed E-state index contributed by atoms with van der Waals surface area (Å²) in [7, 11) is 0. The minimum absolute atomic E-state index is 0.426. The van der Waals surface area contributed by atoms with E-state index in [0.29, 0.717) is 6.04 Å². The summed E-state index contributed by atoms with van der Waals surface area (Å²) < 4.78 is 1.40. The zero-order valence-electron chi connectivity index (χ0n) is 13.1. The van der Waals surface area contributed by atoms with Gasteiger partial charge < -0.3 is 5.32 Å². The molecule has 1 unspecified atom stereocenters. The normalized spacial score (nSPS) is 12.8. The van der Waals surface area contributed by atoms with Crippen LogP contribution < -0.4 is 5.32 Å². The number of thioether (sulfide) groups is 1. The molecule has 0 saturated carbocycles. The molecule has 0 radical (unpaired) electrons. The first-order valence-corrected chi connectivity index (χ1v) is 9.54. The number of hydrogen-bond acceptors (Lipinski definition) is 3. The van der Waals surface area contributed by atoms with Gasteiger partial charge in [0.15, 0.2) is 0 Å². The third-order valence-corrected chi connectivity index (χ3v) is 5.59. The molecule has 0 spiro atoms. The predicted octanol–water partition coefficient (Wildman–Crippen LogP) is 5.39. The zero-order chi connectivity index (χ0) is 15.1. The van der Waals surface area contributed by atoms with Crippen molar-refractivity contribution in [2.75, 3.05) is 12.3 Å². The molecule has 21 heavy (non-hydrogen) atoms. The maximum Gasteiger partial charge on any atom is 0.0599 e. The van der Waals surface area contributed by atoms with Crippen LogP contribution in [0.5, 0.6) is 0 Å². The Balaban J connectivity index is 1.99. The van der Waals surface area contributed by atoms with E-state index in [1.807, 2.05) is 23.1 Å². The fourth-order valence-electron chi connectivity index (χ4n) is 2.39. The van der Waals surface area contributed by atoms with E-state index in [1.54, 1.807) is 0 Å². The van der Waals surface area contributed by atoms with Crippen LogP contribution >= 0.6 is 23.1 Å². The standard InChI is InChI=1S/C18H25NS2/c1-4-19-17(13-21-18-6-5-11-20-18)16-9-7-15(8-10-16)12-14(2)3/h5-11,14,17,19H,4,12-13H2,1-3H3. The molecular weight excluding hydrogens is 294 g/mol. The summed E-state index contributed by atoms with van der Waals surface area (Å²) in [5.74, 6) is 1.80. The van der Waals surface area contributed by atoms with Gasteiger partial charge in [0.2, 0.25) is 0 Å². The van der Waals surface area contributed by atoms with E-state index in [4.69, 9.17) is 0 Å². The Labute approximate surface area is 137 Å².